The molecule has 2 heterocycles. The highest BCUT2D eigenvalue weighted by Crippen LogP contribution is 2.38. The van der Waals surface area contributed by atoms with Gasteiger partial charge in [0, 0.05) is 38.7 Å². The van der Waals surface area contributed by atoms with Crippen LogP contribution in [0, 0.1) is 5.41 Å². The first kappa shape index (κ1) is 17.7. The lowest BCUT2D eigenvalue weighted by molar-refractivity contribution is 0.0526. The highest BCUT2D eigenvalue weighted by Gasteiger charge is 2.42. The molecule has 0 radical (unpaired) electrons. The van der Waals surface area contributed by atoms with Crippen molar-refractivity contribution in [2.24, 2.45) is 10.4 Å². The Bertz CT molecular complexity index is 621. The van der Waals surface area contributed by atoms with Crippen LogP contribution in [-0.2, 0) is 16.0 Å². The third kappa shape index (κ3) is 4.12. The number of rotatable bonds is 4. The quantitative estimate of drug-likeness (QED) is 0.514. The maximum absolute atomic E-state index is 11.7. The molecule has 0 saturated carbocycles. The van der Waals surface area contributed by atoms with E-state index >= 15 is 0 Å². The second kappa shape index (κ2) is 7.87. The summed E-state index contributed by atoms with van der Waals surface area (Å²) in [6.45, 7) is 6.65. The summed E-state index contributed by atoms with van der Waals surface area (Å²) in [4.78, 5) is 18.4. The molecule has 0 aliphatic carbocycles. The van der Waals surface area contributed by atoms with E-state index in [-0.39, 0.29) is 5.97 Å². The predicted molar refractivity (Wildman–Crippen MR) is 96.7 cm³/mol. The van der Waals surface area contributed by atoms with Crippen molar-refractivity contribution in [2.45, 2.75) is 26.3 Å². The molecule has 1 aromatic carbocycles. The molecule has 2 aliphatic heterocycles. The van der Waals surface area contributed by atoms with Crippen molar-refractivity contribution in [3.8, 4) is 0 Å². The van der Waals surface area contributed by atoms with Crippen LogP contribution in [0.15, 0.2) is 29.3 Å². The number of esters is 1. The van der Waals surface area contributed by atoms with Crippen LogP contribution < -0.4 is 5.32 Å². The van der Waals surface area contributed by atoms with Crippen LogP contribution in [-0.4, -0.2) is 56.8 Å². The normalized spacial score (nSPS) is 23.3. The van der Waals surface area contributed by atoms with E-state index in [9.17, 15) is 4.79 Å². The van der Waals surface area contributed by atoms with Crippen molar-refractivity contribution < 1.29 is 14.3 Å². The van der Waals surface area contributed by atoms with Crippen molar-refractivity contribution in [3.05, 3.63) is 35.4 Å². The number of guanidine groups is 1. The van der Waals surface area contributed by atoms with Crippen LogP contribution in [0.5, 0.6) is 0 Å². The van der Waals surface area contributed by atoms with Crippen LogP contribution in [0.2, 0.25) is 0 Å². The molecule has 0 aromatic heterocycles. The van der Waals surface area contributed by atoms with Crippen molar-refractivity contribution in [3.63, 3.8) is 0 Å². The number of carbonyl (C=O) groups is 1. The molecule has 1 atom stereocenters. The standard InChI is InChI=1S/C19H27N3O3/c1-3-25-17(23)16-6-4-15(5-7-16)12-21-18(20-2)22-10-8-19(13-22)9-11-24-14-19/h4-7H,3,8-14H2,1-2H3,(H,20,21). The Balaban J connectivity index is 1.54. The number of ether oxygens (including phenoxy) is 2. The molecule has 1 unspecified atom stereocenters. The van der Waals surface area contributed by atoms with E-state index in [1.807, 2.05) is 26.1 Å². The maximum atomic E-state index is 11.7. The fraction of sp³-hybridized carbons (Fsp3) is 0.579. The fourth-order valence-electron chi connectivity index (χ4n) is 3.57. The van der Waals surface area contributed by atoms with Gasteiger partial charge in [0.15, 0.2) is 5.96 Å². The van der Waals surface area contributed by atoms with Crippen molar-refractivity contribution in [1.29, 1.82) is 0 Å². The van der Waals surface area contributed by atoms with E-state index in [4.69, 9.17) is 9.47 Å². The largest absolute Gasteiger partial charge is 0.462 e. The first-order chi connectivity index (χ1) is 12.2. The van der Waals surface area contributed by atoms with Gasteiger partial charge >= 0.3 is 5.97 Å². The number of nitrogens with zero attached hydrogens (tertiary/aromatic N) is 2. The van der Waals surface area contributed by atoms with Crippen molar-refractivity contribution >= 4 is 11.9 Å². The predicted octanol–water partition coefficient (Wildman–Crippen LogP) is 2.05. The average Bonchev–Trinajstić information content (AvgIpc) is 3.26. The fourth-order valence-corrected chi connectivity index (χ4v) is 3.57. The summed E-state index contributed by atoms with van der Waals surface area (Å²) in [5.41, 5.74) is 2.00. The summed E-state index contributed by atoms with van der Waals surface area (Å²) < 4.78 is 10.6. The zero-order valence-electron chi connectivity index (χ0n) is 15.1. The molecule has 2 saturated heterocycles. The number of benzene rings is 1. The molecule has 0 bridgehead atoms. The van der Waals surface area contributed by atoms with Crippen LogP contribution in [0.4, 0.5) is 0 Å². The van der Waals surface area contributed by atoms with Gasteiger partial charge in [-0.25, -0.2) is 4.79 Å². The second-order valence-electron chi connectivity index (χ2n) is 6.79. The molecule has 2 fully saturated rings. The summed E-state index contributed by atoms with van der Waals surface area (Å²) in [5, 5.41) is 3.43. The van der Waals surface area contributed by atoms with E-state index in [1.165, 1.54) is 6.42 Å². The molecule has 3 rings (SSSR count). The van der Waals surface area contributed by atoms with E-state index in [0.29, 0.717) is 24.1 Å². The van der Waals surface area contributed by atoms with Gasteiger partial charge in [0.1, 0.15) is 0 Å². The number of hydrogen-bond donors (Lipinski definition) is 1. The Morgan fingerprint density at radius 3 is 2.80 bits per heavy atom. The Labute approximate surface area is 149 Å². The third-order valence-corrected chi connectivity index (χ3v) is 5.05. The Morgan fingerprint density at radius 2 is 2.16 bits per heavy atom. The molecule has 1 spiro atoms. The molecular weight excluding hydrogens is 318 g/mol. The van der Waals surface area contributed by atoms with Gasteiger partial charge in [-0.3, -0.25) is 4.99 Å². The molecule has 0 amide bonds. The topological polar surface area (TPSA) is 63.2 Å². The average molecular weight is 345 g/mol. The summed E-state index contributed by atoms with van der Waals surface area (Å²) in [5.74, 6) is 0.650. The lowest BCUT2D eigenvalue weighted by Gasteiger charge is -2.25. The van der Waals surface area contributed by atoms with Crippen LogP contribution in [0.25, 0.3) is 0 Å². The number of likely N-dealkylation sites (tertiary alicyclic amines) is 1. The van der Waals surface area contributed by atoms with Gasteiger partial charge < -0.3 is 19.7 Å². The number of aliphatic imine (C=N–C) groups is 1. The first-order valence-electron chi connectivity index (χ1n) is 8.95. The minimum absolute atomic E-state index is 0.279. The van der Waals surface area contributed by atoms with Gasteiger partial charge in [-0.1, -0.05) is 12.1 Å². The highest BCUT2D eigenvalue weighted by atomic mass is 16.5. The van der Waals surface area contributed by atoms with Crippen LogP contribution in [0.1, 0.15) is 35.7 Å². The van der Waals surface area contributed by atoms with E-state index < -0.39 is 0 Å². The molecule has 2 aliphatic rings. The number of nitrogens with one attached hydrogen (secondary N) is 1. The molecular formula is C19H27N3O3. The van der Waals surface area contributed by atoms with E-state index in [1.54, 1.807) is 12.1 Å². The molecule has 1 N–H and O–H groups in total. The summed E-state index contributed by atoms with van der Waals surface area (Å²) in [7, 11) is 1.82. The SMILES string of the molecule is CCOC(=O)c1ccc(CNC(=NC)N2CCC3(CCOC3)C2)cc1. The minimum Gasteiger partial charge on any atom is -0.462 e. The Hall–Kier alpha value is -2.08. The van der Waals surface area contributed by atoms with E-state index in [0.717, 1.165) is 44.2 Å². The molecule has 25 heavy (non-hydrogen) atoms. The first-order valence-corrected chi connectivity index (χ1v) is 8.95. The van der Waals surface area contributed by atoms with Crippen molar-refractivity contribution in [1.82, 2.24) is 10.2 Å². The number of carbonyl (C=O) groups excluding carboxylic acids is 1. The van der Waals surface area contributed by atoms with Crippen LogP contribution >= 0.6 is 0 Å². The lowest BCUT2D eigenvalue weighted by atomic mass is 9.87. The minimum atomic E-state index is -0.279. The molecule has 136 valence electrons. The summed E-state index contributed by atoms with van der Waals surface area (Å²) >= 11 is 0. The molecule has 1 aromatic rings. The monoisotopic (exact) mass is 345 g/mol. The molecule has 6 nitrogen and oxygen atoms in total. The van der Waals surface area contributed by atoms with Gasteiger partial charge in [0.2, 0.25) is 0 Å². The zero-order chi connectivity index (χ0) is 17.7. The van der Waals surface area contributed by atoms with Gasteiger partial charge in [-0.2, -0.15) is 0 Å². The zero-order valence-corrected chi connectivity index (χ0v) is 15.1. The van der Waals surface area contributed by atoms with Gasteiger partial charge in [-0.15, -0.1) is 0 Å². The number of hydrogen-bond acceptors (Lipinski definition) is 4. The van der Waals surface area contributed by atoms with Crippen LogP contribution in [0.3, 0.4) is 0 Å². The van der Waals surface area contributed by atoms with Crippen molar-refractivity contribution in [2.75, 3.05) is 40.0 Å². The Morgan fingerprint density at radius 1 is 1.36 bits per heavy atom. The third-order valence-electron chi connectivity index (χ3n) is 5.05. The van der Waals surface area contributed by atoms with E-state index in [2.05, 4.69) is 15.2 Å². The highest BCUT2D eigenvalue weighted by molar-refractivity contribution is 5.89. The van der Waals surface area contributed by atoms with Gasteiger partial charge in [-0.05, 0) is 37.5 Å². The van der Waals surface area contributed by atoms with Gasteiger partial charge in [0.05, 0.1) is 18.8 Å². The Kier molecular flexibility index (Phi) is 5.58. The smallest absolute Gasteiger partial charge is 0.338 e. The summed E-state index contributed by atoms with van der Waals surface area (Å²) in [6.07, 6.45) is 2.32. The second-order valence-corrected chi connectivity index (χ2v) is 6.79. The molecule has 6 heteroatoms. The van der Waals surface area contributed by atoms with Gasteiger partial charge in [0.25, 0.3) is 0 Å². The summed E-state index contributed by atoms with van der Waals surface area (Å²) in [6, 6.07) is 7.50. The maximum Gasteiger partial charge on any atom is 0.338 e. The lowest BCUT2D eigenvalue weighted by Crippen LogP contribution is -2.41.